The summed E-state index contributed by atoms with van der Waals surface area (Å²) in [4.78, 5) is 12.2. The molecule has 1 aromatic rings. The van der Waals surface area contributed by atoms with E-state index in [2.05, 4.69) is 33.3 Å². The Hall–Kier alpha value is -0.840. The van der Waals surface area contributed by atoms with E-state index < -0.39 is 0 Å². The first-order valence-corrected chi connectivity index (χ1v) is 9.24. The van der Waals surface area contributed by atoms with Gasteiger partial charge in [0.1, 0.15) is 0 Å². The summed E-state index contributed by atoms with van der Waals surface area (Å²) in [6.45, 7) is 6.83. The molecule has 0 aliphatic heterocycles. The highest BCUT2D eigenvalue weighted by atomic mass is 79.9. The topological polar surface area (TPSA) is 46.9 Å². The fraction of sp³-hybridized carbons (Fsp3) is 0.765. The van der Waals surface area contributed by atoms with E-state index in [0.717, 1.165) is 27.7 Å². The van der Waals surface area contributed by atoms with Crippen LogP contribution in [0.2, 0.25) is 0 Å². The molecule has 1 N–H and O–H groups in total. The van der Waals surface area contributed by atoms with Crippen LogP contribution < -0.4 is 5.32 Å². The lowest BCUT2D eigenvalue weighted by Crippen LogP contribution is -2.40. The lowest BCUT2D eigenvalue weighted by atomic mass is 9.84. The van der Waals surface area contributed by atoms with Crippen molar-refractivity contribution in [2.24, 2.45) is 17.8 Å². The first-order valence-electron chi connectivity index (χ1n) is 8.44. The summed E-state index contributed by atoms with van der Waals surface area (Å²) in [7, 11) is 0. The van der Waals surface area contributed by atoms with Crippen LogP contribution in [0.25, 0.3) is 0 Å². The van der Waals surface area contributed by atoms with E-state index in [4.69, 9.17) is 0 Å². The number of hydrogen-bond donors (Lipinski definition) is 1. The zero-order valence-corrected chi connectivity index (χ0v) is 15.3. The van der Waals surface area contributed by atoms with Crippen molar-refractivity contribution in [2.45, 2.75) is 65.5 Å². The smallest absolute Gasteiger partial charge is 0.222 e. The summed E-state index contributed by atoms with van der Waals surface area (Å²) < 4.78 is 2.96. The first kappa shape index (κ1) is 16.0. The zero-order chi connectivity index (χ0) is 15.9. The van der Waals surface area contributed by atoms with Gasteiger partial charge in [-0.25, -0.2) is 0 Å². The second-order valence-corrected chi connectivity index (χ2v) is 7.95. The van der Waals surface area contributed by atoms with Crippen LogP contribution in [0, 0.1) is 31.6 Å². The van der Waals surface area contributed by atoms with Gasteiger partial charge < -0.3 is 5.32 Å². The van der Waals surface area contributed by atoms with Gasteiger partial charge in [-0.1, -0.05) is 6.42 Å². The van der Waals surface area contributed by atoms with Gasteiger partial charge in [0.15, 0.2) is 0 Å². The third kappa shape index (κ3) is 3.10. The second-order valence-electron chi connectivity index (χ2n) is 7.15. The lowest BCUT2D eigenvalue weighted by Gasteiger charge is -2.28. The van der Waals surface area contributed by atoms with Crippen LogP contribution in [0.4, 0.5) is 0 Å². The van der Waals surface area contributed by atoms with Crippen molar-refractivity contribution in [3.05, 3.63) is 15.9 Å². The predicted octanol–water partition coefficient (Wildman–Crippen LogP) is 3.59. The molecule has 2 fully saturated rings. The van der Waals surface area contributed by atoms with Gasteiger partial charge in [0, 0.05) is 18.2 Å². The van der Waals surface area contributed by atoms with Crippen LogP contribution in [0.5, 0.6) is 0 Å². The number of amides is 1. The molecule has 0 unspecified atom stereocenters. The molecular formula is C17H26BrN3O. The lowest BCUT2D eigenvalue weighted by molar-refractivity contribution is -0.122. The number of aryl methyl sites for hydroxylation is 2. The number of nitrogens with zero attached hydrogens (tertiary/aromatic N) is 2. The third-order valence-corrected chi connectivity index (χ3v) is 6.82. The van der Waals surface area contributed by atoms with Gasteiger partial charge in [-0.2, -0.15) is 5.10 Å². The summed E-state index contributed by atoms with van der Waals surface area (Å²) in [5, 5.41) is 7.69. The molecule has 5 heteroatoms. The van der Waals surface area contributed by atoms with E-state index >= 15 is 0 Å². The molecule has 1 heterocycles. The van der Waals surface area contributed by atoms with Crippen molar-refractivity contribution in [1.29, 1.82) is 0 Å². The second kappa shape index (κ2) is 6.34. The standard InChI is InChI=1S/C17H26BrN3O/c1-10(15-9-13-4-5-14(15)8-13)19-16(22)6-7-21-12(3)17(18)11(2)20-21/h10,13-15H,4-9H2,1-3H3,(H,19,22)/t10-,13-,14-,15+/m1/s1. The molecule has 4 nitrogen and oxygen atoms in total. The van der Waals surface area contributed by atoms with E-state index in [1.54, 1.807) is 0 Å². The van der Waals surface area contributed by atoms with E-state index in [-0.39, 0.29) is 5.91 Å². The van der Waals surface area contributed by atoms with Crippen molar-refractivity contribution < 1.29 is 4.79 Å². The largest absolute Gasteiger partial charge is 0.353 e. The van der Waals surface area contributed by atoms with Crippen LogP contribution in [-0.2, 0) is 11.3 Å². The van der Waals surface area contributed by atoms with Gasteiger partial charge in [-0.15, -0.1) is 0 Å². The summed E-state index contributed by atoms with van der Waals surface area (Å²) in [5.74, 6) is 2.64. The SMILES string of the molecule is Cc1nn(CCC(=O)N[C@H](C)[C@@H]2C[C@@H]3CC[C@@H]2C3)c(C)c1Br. The number of carbonyl (C=O) groups is 1. The van der Waals surface area contributed by atoms with Crippen molar-refractivity contribution in [1.82, 2.24) is 15.1 Å². The molecule has 1 amide bonds. The minimum absolute atomic E-state index is 0.152. The normalized spacial score (nSPS) is 28.1. The molecule has 3 rings (SSSR count). The van der Waals surface area contributed by atoms with Crippen LogP contribution in [0.15, 0.2) is 4.47 Å². The Morgan fingerprint density at radius 1 is 1.41 bits per heavy atom. The maximum Gasteiger partial charge on any atom is 0.222 e. The summed E-state index contributed by atoms with van der Waals surface area (Å²) in [6, 6.07) is 0.315. The minimum atomic E-state index is 0.152. The average molecular weight is 368 g/mol. The number of fused-ring (bicyclic) bond motifs is 2. The van der Waals surface area contributed by atoms with Crippen LogP contribution in [-0.4, -0.2) is 21.7 Å². The number of rotatable bonds is 5. The zero-order valence-electron chi connectivity index (χ0n) is 13.7. The Morgan fingerprint density at radius 3 is 2.73 bits per heavy atom. The molecule has 0 radical (unpaired) electrons. The third-order valence-electron chi connectivity index (χ3n) is 5.67. The summed E-state index contributed by atoms with van der Waals surface area (Å²) in [6.07, 6.45) is 5.99. The number of halogens is 1. The Bertz CT molecular complexity index is 568. The molecule has 2 saturated carbocycles. The maximum atomic E-state index is 12.2. The molecule has 2 aliphatic rings. The van der Waals surface area contributed by atoms with Crippen LogP contribution in [0.1, 0.15) is 50.4 Å². The summed E-state index contributed by atoms with van der Waals surface area (Å²) >= 11 is 3.53. The highest BCUT2D eigenvalue weighted by Crippen LogP contribution is 2.49. The molecule has 0 saturated heterocycles. The molecule has 122 valence electrons. The Labute approximate surface area is 141 Å². The Balaban J connectivity index is 1.49. The fourth-order valence-corrected chi connectivity index (χ4v) is 4.72. The average Bonchev–Trinajstić information content (AvgIpc) is 3.17. The Kier molecular flexibility index (Phi) is 4.62. The number of aromatic nitrogens is 2. The Morgan fingerprint density at radius 2 is 2.18 bits per heavy atom. The van der Waals surface area contributed by atoms with Crippen molar-refractivity contribution >= 4 is 21.8 Å². The molecule has 22 heavy (non-hydrogen) atoms. The van der Waals surface area contributed by atoms with Gasteiger partial charge in [0.2, 0.25) is 5.91 Å². The van der Waals surface area contributed by atoms with E-state index in [1.165, 1.54) is 25.7 Å². The highest BCUT2D eigenvalue weighted by molar-refractivity contribution is 9.10. The fourth-order valence-electron chi connectivity index (χ4n) is 4.44. The van der Waals surface area contributed by atoms with Crippen LogP contribution in [0.3, 0.4) is 0 Å². The number of carbonyl (C=O) groups excluding carboxylic acids is 1. The van der Waals surface area contributed by atoms with Crippen molar-refractivity contribution in [2.75, 3.05) is 0 Å². The van der Waals surface area contributed by atoms with Crippen molar-refractivity contribution in [3.63, 3.8) is 0 Å². The van der Waals surface area contributed by atoms with Crippen LogP contribution >= 0.6 is 15.9 Å². The van der Waals surface area contributed by atoms with E-state index in [0.29, 0.717) is 24.9 Å². The predicted molar refractivity (Wildman–Crippen MR) is 90.6 cm³/mol. The van der Waals surface area contributed by atoms with Gasteiger partial charge >= 0.3 is 0 Å². The van der Waals surface area contributed by atoms with E-state index in [1.807, 2.05) is 18.5 Å². The summed E-state index contributed by atoms with van der Waals surface area (Å²) in [5.41, 5.74) is 2.07. The molecule has 1 aromatic heterocycles. The molecule has 4 atom stereocenters. The molecular weight excluding hydrogens is 342 g/mol. The molecule has 2 bridgehead atoms. The number of hydrogen-bond acceptors (Lipinski definition) is 2. The monoisotopic (exact) mass is 367 g/mol. The maximum absolute atomic E-state index is 12.2. The molecule has 0 spiro atoms. The van der Waals surface area contributed by atoms with E-state index in [9.17, 15) is 4.79 Å². The van der Waals surface area contributed by atoms with Gasteiger partial charge in [-0.3, -0.25) is 9.48 Å². The first-order chi connectivity index (χ1) is 10.5. The number of nitrogens with one attached hydrogen (secondary N) is 1. The highest BCUT2D eigenvalue weighted by Gasteiger charge is 2.42. The quantitative estimate of drug-likeness (QED) is 0.863. The van der Waals surface area contributed by atoms with Gasteiger partial charge in [-0.05, 0) is 73.7 Å². The van der Waals surface area contributed by atoms with Crippen molar-refractivity contribution in [3.8, 4) is 0 Å². The van der Waals surface area contributed by atoms with Gasteiger partial charge in [0.25, 0.3) is 0 Å². The van der Waals surface area contributed by atoms with Gasteiger partial charge in [0.05, 0.1) is 16.7 Å². The minimum Gasteiger partial charge on any atom is -0.353 e. The molecule has 2 aliphatic carbocycles. The molecule has 0 aromatic carbocycles.